The zero-order chi connectivity index (χ0) is 30.1. The minimum absolute atomic E-state index is 0.0627. The van der Waals surface area contributed by atoms with Crippen LogP contribution in [0.2, 0.25) is 0 Å². The molecule has 0 spiro atoms. The number of hydrogen-bond donors (Lipinski definition) is 3. The summed E-state index contributed by atoms with van der Waals surface area (Å²) in [5.74, 6) is 0.405. The second kappa shape index (κ2) is 14.4. The van der Waals surface area contributed by atoms with Crippen LogP contribution in [0.3, 0.4) is 0 Å². The molecule has 0 saturated carbocycles. The third-order valence-corrected chi connectivity index (χ3v) is 7.70. The molecule has 222 valence electrons. The molecule has 9 heteroatoms. The normalized spacial score (nSPS) is 17.7. The Hall–Kier alpha value is -4.05. The number of aliphatic hydroxyl groups excluding tert-OH is 1. The molecular formula is C34H33BrFN3O4. The maximum Gasteiger partial charge on any atom is 0.266 e. The van der Waals surface area contributed by atoms with E-state index in [1.54, 1.807) is 12.1 Å². The van der Waals surface area contributed by atoms with Gasteiger partial charge in [-0.1, -0.05) is 70.5 Å². The van der Waals surface area contributed by atoms with Gasteiger partial charge in [-0.3, -0.25) is 10.2 Å². The van der Waals surface area contributed by atoms with E-state index in [0.29, 0.717) is 43.2 Å². The fraction of sp³-hybridized carbons (Fsp3) is 0.235. The lowest BCUT2D eigenvalue weighted by atomic mass is 9.82. The number of nitrogens with zero attached hydrogens (tertiary/aromatic N) is 1. The van der Waals surface area contributed by atoms with Gasteiger partial charge in [0, 0.05) is 36.0 Å². The SMILES string of the molecule is O=C(NNCCc1ccc(F)cc1)[C@@]1(Cc2ccc(Br)cc2)N=C(c2ccc(OCCCO)cc2)O[C@H]1c1ccccc1. The number of hydrazine groups is 1. The van der Waals surface area contributed by atoms with Crippen LogP contribution in [0.25, 0.3) is 0 Å². The van der Waals surface area contributed by atoms with Crippen molar-refractivity contribution >= 4 is 27.7 Å². The maximum atomic E-state index is 14.2. The first-order chi connectivity index (χ1) is 21.0. The van der Waals surface area contributed by atoms with Gasteiger partial charge in [-0.15, -0.1) is 0 Å². The number of aliphatic imine (C=N–C) groups is 1. The van der Waals surface area contributed by atoms with E-state index >= 15 is 0 Å². The molecule has 0 bridgehead atoms. The smallest absolute Gasteiger partial charge is 0.266 e. The number of benzene rings is 4. The van der Waals surface area contributed by atoms with E-state index in [-0.39, 0.29) is 24.8 Å². The fourth-order valence-electron chi connectivity index (χ4n) is 4.93. The van der Waals surface area contributed by atoms with Crippen LogP contribution in [-0.4, -0.2) is 42.2 Å². The highest BCUT2D eigenvalue weighted by atomic mass is 79.9. The van der Waals surface area contributed by atoms with Crippen LogP contribution in [0.15, 0.2) is 113 Å². The largest absolute Gasteiger partial charge is 0.494 e. The molecule has 0 unspecified atom stereocenters. The predicted molar refractivity (Wildman–Crippen MR) is 167 cm³/mol. The average Bonchev–Trinajstić information content (AvgIpc) is 3.42. The Kier molecular flexibility index (Phi) is 10.2. The van der Waals surface area contributed by atoms with Crippen molar-refractivity contribution in [3.63, 3.8) is 0 Å². The van der Waals surface area contributed by atoms with E-state index in [4.69, 9.17) is 19.6 Å². The van der Waals surface area contributed by atoms with Crippen molar-refractivity contribution in [2.45, 2.75) is 30.9 Å². The van der Waals surface area contributed by atoms with Gasteiger partial charge in [0.2, 0.25) is 5.90 Å². The van der Waals surface area contributed by atoms with Crippen molar-refractivity contribution in [3.8, 4) is 5.75 Å². The van der Waals surface area contributed by atoms with Crippen molar-refractivity contribution in [3.05, 3.63) is 136 Å². The van der Waals surface area contributed by atoms with Crippen LogP contribution in [0.4, 0.5) is 4.39 Å². The molecule has 5 rings (SSSR count). The molecule has 1 aliphatic heterocycles. The van der Waals surface area contributed by atoms with Crippen LogP contribution >= 0.6 is 15.9 Å². The summed E-state index contributed by atoms with van der Waals surface area (Å²) in [6.45, 7) is 0.915. The Bertz CT molecular complexity index is 1520. The number of aliphatic hydroxyl groups is 1. The summed E-state index contributed by atoms with van der Waals surface area (Å²) in [5, 5.41) is 9.03. The van der Waals surface area contributed by atoms with Crippen LogP contribution in [0.1, 0.15) is 34.8 Å². The van der Waals surface area contributed by atoms with Crippen LogP contribution in [0, 0.1) is 5.82 Å². The van der Waals surface area contributed by atoms with Gasteiger partial charge in [-0.25, -0.2) is 14.8 Å². The Morgan fingerprint density at radius 3 is 2.35 bits per heavy atom. The molecule has 1 heterocycles. The summed E-state index contributed by atoms with van der Waals surface area (Å²) in [5.41, 5.74) is 8.01. The van der Waals surface area contributed by atoms with Gasteiger partial charge >= 0.3 is 0 Å². The van der Waals surface area contributed by atoms with E-state index in [2.05, 4.69) is 26.8 Å². The quantitative estimate of drug-likeness (QED) is 0.128. The lowest BCUT2D eigenvalue weighted by molar-refractivity contribution is -0.130. The lowest BCUT2D eigenvalue weighted by Crippen LogP contribution is -2.54. The second-order valence-corrected chi connectivity index (χ2v) is 11.2. The second-order valence-electron chi connectivity index (χ2n) is 10.3. The first-order valence-corrected chi connectivity index (χ1v) is 14.9. The van der Waals surface area contributed by atoms with E-state index in [0.717, 1.165) is 21.2 Å². The molecule has 4 aromatic rings. The minimum Gasteiger partial charge on any atom is -0.494 e. The first kappa shape index (κ1) is 30.4. The molecule has 0 aliphatic carbocycles. The fourth-order valence-corrected chi connectivity index (χ4v) is 5.20. The van der Waals surface area contributed by atoms with Crippen molar-refractivity contribution in [2.24, 2.45) is 4.99 Å². The van der Waals surface area contributed by atoms with Crippen LogP contribution < -0.4 is 15.6 Å². The molecule has 43 heavy (non-hydrogen) atoms. The molecule has 4 aromatic carbocycles. The van der Waals surface area contributed by atoms with Crippen LogP contribution in [-0.2, 0) is 22.4 Å². The van der Waals surface area contributed by atoms with E-state index in [9.17, 15) is 9.18 Å². The highest BCUT2D eigenvalue weighted by molar-refractivity contribution is 9.10. The zero-order valence-corrected chi connectivity index (χ0v) is 25.1. The molecule has 1 aliphatic rings. The minimum atomic E-state index is -1.33. The lowest BCUT2D eigenvalue weighted by Gasteiger charge is -2.31. The highest BCUT2D eigenvalue weighted by Crippen LogP contribution is 2.42. The van der Waals surface area contributed by atoms with Crippen LogP contribution in [0.5, 0.6) is 5.75 Å². The molecule has 0 radical (unpaired) electrons. The molecule has 0 aromatic heterocycles. The third-order valence-electron chi connectivity index (χ3n) is 7.17. The summed E-state index contributed by atoms with van der Waals surface area (Å²) in [4.78, 5) is 19.2. The van der Waals surface area contributed by atoms with Crippen molar-refractivity contribution in [1.29, 1.82) is 0 Å². The standard InChI is InChI=1S/C34H33BrFN3O4/c35-28-13-7-25(8-14-28)23-34(33(41)39-37-20-19-24-9-15-29(36)16-10-24)31(26-5-2-1-3-6-26)43-32(38-34)27-11-17-30(18-12-27)42-22-4-21-40/h1-3,5-18,31,37,40H,4,19-23H2,(H,39,41)/t31-,34-/m0/s1. The Balaban J connectivity index is 1.45. The van der Waals surface area contributed by atoms with Gasteiger partial charge in [0.25, 0.3) is 5.91 Å². The van der Waals surface area contributed by atoms with E-state index in [1.165, 1.54) is 12.1 Å². The number of carbonyl (C=O) groups is 1. The van der Waals surface area contributed by atoms with Crippen molar-refractivity contribution in [1.82, 2.24) is 10.9 Å². The van der Waals surface area contributed by atoms with E-state index < -0.39 is 11.6 Å². The Labute approximate surface area is 258 Å². The molecule has 0 fully saturated rings. The predicted octanol–water partition coefficient (Wildman–Crippen LogP) is 5.71. The zero-order valence-electron chi connectivity index (χ0n) is 23.5. The monoisotopic (exact) mass is 645 g/mol. The number of nitrogens with one attached hydrogen (secondary N) is 2. The van der Waals surface area contributed by atoms with Crippen molar-refractivity contribution in [2.75, 3.05) is 19.8 Å². The van der Waals surface area contributed by atoms with Crippen molar-refractivity contribution < 1.29 is 23.8 Å². The third kappa shape index (κ3) is 7.67. The summed E-state index contributed by atoms with van der Waals surface area (Å²) in [6, 6.07) is 31.1. The summed E-state index contributed by atoms with van der Waals surface area (Å²) >= 11 is 3.50. The average molecular weight is 647 g/mol. The summed E-state index contributed by atoms with van der Waals surface area (Å²) < 4.78 is 26.4. The topological polar surface area (TPSA) is 92.2 Å². The van der Waals surface area contributed by atoms with Gasteiger partial charge in [-0.2, -0.15) is 0 Å². The molecule has 3 N–H and O–H groups in total. The molecule has 2 atom stereocenters. The number of amides is 1. The summed E-state index contributed by atoms with van der Waals surface area (Å²) in [6.07, 6.45) is 0.728. The molecule has 7 nitrogen and oxygen atoms in total. The van der Waals surface area contributed by atoms with Gasteiger partial charge in [0.05, 0.1) is 6.61 Å². The summed E-state index contributed by atoms with van der Waals surface area (Å²) in [7, 11) is 0. The number of carbonyl (C=O) groups excluding carboxylic acids is 1. The van der Waals surface area contributed by atoms with Gasteiger partial charge < -0.3 is 14.6 Å². The Morgan fingerprint density at radius 1 is 0.953 bits per heavy atom. The number of halogens is 2. The number of ether oxygens (including phenoxy) is 2. The van der Waals surface area contributed by atoms with Gasteiger partial charge in [-0.05, 0) is 71.6 Å². The van der Waals surface area contributed by atoms with Gasteiger partial charge in [0.15, 0.2) is 11.6 Å². The molecule has 0 saturated heterocycles. The highest BCUT2D eigenvalue weighted by Gasteiger charge is 2.53. The van der Waals surface area contributed by atoms with Gasteiger partial charge in [0.1, 0.15) is 11.6 Å². The first-order valence-electron chi connectivity index (χ1n) is 14.1. The molecule has 1 amide bonds. The number of hydrogen-bond acceptors (Lipinski definition) is 6. The maximum absolute atomic E-state index is 14.2. The molecular weight excluding hydrogens is 613 g/mol. The Morgan fingerprint density at radius 2 is 1.65 bits per heavy atom. The van der Waals surface area contributed by atoms with E-state index in [1.807, 2.05) is 78.9 Å². The number of rotatable bonds is 13.